The summed E-state index contributed by atoms with van der Waals surface area (Å²) in [5, 5.41) is 11.6. The third-order valence-electron chi connectivity index (χ3n) is 2.24. The molecule has 2 rings (SSSR count). The van der Waals surface area contributed by atoms with E-state index in [0.717, 1.165) is 30.2 Å². The Morgan fingerprint density at radius 3 is 3.12 bits per heavy atom. The molecule has 0 bridgehead atoms. The van der Waals surface area contributed by atoms with Gasteiger partial charge in [-0.1, -0.05) is 0 Å². The van der Waals surface area contributed by atoms with Crippen LogP contribution in [0.5, 0.6) is 0 Å². The summed E-state index contributed by atoms with van der Waals surface area (Å²) < 4.78 is 0. The number of hydrogen-bond donors (Lipinski definition) is 3. The fourth-order valence-electron chi connectivity index (χ4n) is 1.37. The Labute approximate surface area is 102 Å². The van der Waals surface area contributed by atoms with Gasteiger partial charge in [-0.3, -0.25) is 9.89 Å². The normalized spacial score (nSPS) is 10.6. The van der Waals surface area contributed by atoms with E-state index >= 15 is 0 Å². The zero-order valence-corrected chi connectivity index (χ0v) is 9.96. The van der Waals surface area contributed by atoms with Crippen molar-refractivity contribution in [3.8, 4) is 0 Å². The Hall–Kier alpha value is -1.73. The van der Waals surface area contributed by atoms with Gasteiger partial charge in [-0.15, -0.1) is 11.3 Å². The van der Waals surface area contributed by atoms with Gasteiger partial charge in [0.05, 0.1) is 5.56 Å². The van der Waals surface area contributed by atoms with Gasteiger partial charge in [-0.05, 0) is 6.07 Å². The highest BCUT2D eigenvalue weighted by Gasteiger charge is 2.04. The maximum atomic E-state index is 10.9. The van der Waals surface area contributed by atoms with Crippen molar-refractivity contribution in [2.45, 2.75) is 13.0 Å². The quantitative estimate of drug-likeness (QED) is 0.643. The first-order valence-electron chi connectivity index (χ1n) is 5.18. The smallest absolute Gasteiger partial charge is 0.249 e. The van der Waals surface area contributed by atoms with Gasteiger partial charge in [0.25, 0.3) is 0 Å². The second-order valence-electron chi connectivity index (χ2n) is 3.52. The number of H-pyrrole nitrogens is 1. The number of nitrogens with one attached hydrogen (secondary N) is 2. The van der Waals surface area contributed by atoms with Gasteiger partial charge in [0.1, 0.15) is 12.2 Å². The van der Waals surface area contributed by atoms with Gasteiger partial charge in [0.15, 0.2) is 0 Å². The topological polar surface area (TPSA) is 96.7 Å². The lowest BCUT2D eigenvalue weighted by atomic mass is 10.3. The molecule has 2 aromatic heterocycles. The molecule has 6 nitrogen and oxygen atoms in total. The van der Waals surface area contributed by atoms with E-state index in [1.807, 2.05) is 6.07 Å². The molecule has 0 saturated carbocycles. The van der Waals surface area contributed by atoms with Crippen molar-refractivity contribution in [1.82, 2.24) is 20.5 Å². The van der Waals surface area contributed by atoms with Crippen LogP contribution in [0.4, 0.5) is 0 Å². The predicted molar refractivity (Wildman–Crippen MR) is 64.6 cm³/mol. The molecule has 0 aliphatic heterocycles. The average molecular weight is 251 g/mol. The molecule has 0 atom stereocenters. The van der Waals surface area contributed by atoms with Gasteiger partial charge in [-0.25, -0.2) is 4.98 Å². The van der Waals surface area contributed by atoms with E-state index in [1.54, 1.807) is 5.38 Å². The lowest BCUT2D eigenvalue weighted by Crippen LogP contribution is -2.16. The van der Waals surface area contributed by atoms with E-state index in [0.29, 0.717) is 5.56 Å². The molecule has 0 unspecified atom stereocenters. The summed E-state index contributed by atoms with van der Waals surface area (Å²) in [6.45, 7) is 1.53. The zero-order chi connectivity index (χ0) is 12.1. The molecule has 0 fully saturated rings. The van der Waals surface area contributed by atoms with Crippen LogP contribution >= 0.6 is 11.3 Å². The van der Waals surface area contributed by atoms with E-state index in [4.69, 9.17) is 5.73 Å². The van der Waals surface area contributed by atoms with E-state index in [1.165, 1.54) is 17.7 Å². The van der Waals surface area contributed by atoms with Gasteiger partial charge in [-0.2, -0.15) is 5.10 Å². The summed E-state index contributed by atoms with van der Waals surface area (Å²) in [6.07, 6.45) is 2.29. The number of hydrogen-bond acceptors (Lipinski definition) is 5. The summed E-state index contributed by atoms with van der Waals surface area (Å²) in [5.74, 6) is 0.482. The zero-order valence-electron chi connectivity index (χ0n) is 9.14. The Balaban J connectivity index is 1.72. The number of amides is 1. The number of primary amides is 1. The number of thiophene rings is 1. The maximum absolute atomic E-state index is 10.9. The fourth-order valence-corrected chi connectivity index (χ4v) is 2.22. The molecule has 7 heteroatoms. The minimum absolute atomic E-state index is 0.380. The maximum Gasteiger partial charge on any atom is 0.249 e. The first-order valence-corrected chi connectivity index (χ1v) is 6.06. The average Bonchev–Trinajstić information content (AvgIpc) is 2.96. The summed E-state index contributed by atoms with van der Waals surface area (Å²) in [6, 6.07) is 1.81. The van der Waals surface area contributed by atoms with Gasteiger partial charge >= 0.3 is 0 Å². The molecule has 0 radical (unpaired) electrons. The molecule has 0 saturated heterocycles. The predicted octanol–water partition coefficient (Wildman–Crippen LogP) is 0.297. The van der Waals surface area contributed by atoms with Crippen LogP contribution in [0.1, 0.15) is 21.1 Å². The van der Waals surface area contributed by atoms with E-state index in [9.17, 15) is 4.79 Å². The Morgan fingerprint density at radius 1 is 1.59 bits per heavy atom. The molecule has 90 valence electrons. The third-order valence-corrected chi connectivity index (χ3v) is 3.18. The standard InChI is InChI=1S/C10H13N5OS/c11-10(16)7-3-8(17-5-7)4-12-2-1-9-13-6-14-15-9/h3,5-6,12H,1-2,4H2,(H2,11,16)(H,13,14,15). The first-order chi connectivity index (χ1) is 8.25. The van der Waals surface area contributed by atoms with Crippen LogP contribution in [0, 0.1) is 0 Å². The second kappa shape index (κ2) is 5.55. The molecule has 1 amide bonds. The van der Waals surface area contributed by atoms with Crippen LogP contribution in [0.25, 0.3) is 0 Å². The van der Waals surface area contributed by atoms with Crippen LogP contribution < -0.4 is 11.1 Å². The van der Waals surface area contributed by atoms with Crippen molar-refractivity contribution in [2.75, 3.05) is 6.54 Å². The monoisotopic (exact) mass is 251 g/mol. The number of aromatic nitrogens is 3. The molecule has 2 heterocycles. The van der Waals surface area contributed by atoms with Crippen molar-refractivity contribution in [2.24, 2.45) is 5.73 Å². The lowest BCUT2D eigenvalue weighted by Gasteiger charge is -2.00. The molecule has 4 N–H and O–H groups in total. The van der Waals surface area contributed by atoms with Crippen molar-refractivity contribution in [1.29, 1.82) is 0 Å². The Kier molecular flexibility index (Phi) is 3.84. The summed E-state index contributed by atoms with van der Waals surface area (Å²) in [7, 11) is 0. The number of aromatic amines is 1. The molecular formula is C10H13N5OS. The van der Waals surface area contributed by atoms with Crippen LogP contribution in [0.15, 0.2) is 17.8 Å². The largest absolute Gasteiger partial charge is 0.366 e. The molecule has 17 heavy (non-hydrogen) atoms. The van der Waals surface area contributed by atoms with Crippen LogP contribution in [-0.4, -0.2) is 27.6 Å². The van der Waals surface area contributed by atoms with Crippen LogP contribution in [-0.2, 0) is 13.0 Å². The number of carbonyl (C=O) groups excluding carboxylic acids is 1. The first kappa shape index (κ1) is 11.7. The van der Waals surface area contributed by atoms with Gasteiger partial charge in [0, 0.05) is 29.8 Å². The molecular weight excluding hydrogens is 238 g/mol. The van der Waals surface area contributed by atoms with Crippen molar-refractivity contribution in [3.05, 3.63) is 34.0 Å². The molecule has 0 spiro atoms. The van der Waals surface area contributed by atoms with Crippen LogP contribution in [0.2, 0.25) is 0 Å². The summed E-state index contributed by atoms with van der Waals surface area (Å²) >= 11 is 1.53. The molecule has 0 aliphatic rings. The number of nitrogens with two attached hydrogens (primary N) is 1. The van der Waals surface area contributed by atoms with Gasteiger partial charge in [0.2, 0.25) is 5.91 Å². The van der Waals surface area contributed by atoms with Crippen LogP contribution in [0.3, 0.4) is 0 Å². The summed E-state index contributed by atoms with van der Waals surface area (Å²) in [4.78, 5) is 16.0. The van der Waals surface area contributed by atoms with Crippen molar-refractivity contribution >= 4 is 17.2 Å². The molecule has 2 aromatic rings. The van der Waals surface area contributed by atoms with E-state index in [-0.39, 0.29) is 5.91 Å². The fraction of sp³-hybridized carbons (Fsp3) is 0.300. The highest BCUT2D eigenvalue weighted by atomic mass is 32.1. The lowest BCUT2D eigenvalue weighted by molar-refractivity contribution is 0.100. The summed E-state index contributed by atoms with van der Waals surface area (Å²) in [5.41, 5.74) is 5.75. The number of carbonyl (C=O) groups is 1. The highest BCUT2D eigenvalue weighted by molar-refractivity contribution is 7.10. The third kappa shape index (κ3) is 3.36. The SMILES string of the molecule is NC(=O)c1csc(CNCCc2ncn[nH]2)c1. The highest BCUT2D eigenvalue weighted by Crippen LogP contribution is 2.13. The van der Waals surface area contributed by atoms with E-state index in [2.05, 4.69) is 20.5 Å². The Bertz CT molecular complexity index is 479. The molecule has 0 aliphatic carbocycles. The second-order valence-corrected chi connectivity index (χ2v) is 4.52. The number of rotatable bonds is 6. The minimum atomic E-state index is -0.380. The Morgan fingerprint density at radius 2 is 2.47 bits per heavy atom. The number of nitrogens with zero attached hydrogens (tertiary/aromatic N) is 2. The van der Waals surface area contributed by atoms with E-state index < -0.39 is 0 Å². The van der Waals surface area contributed by atoms with Crippen molar-refractivity contribution < 1.29 is 4.79 Å². The minimum Gasteiger partial charge on any atom is -0.366 e. The van der Waals surface area contributed by atoms with Gasteiger partial charge < -0.3 is 11.1 Å². The molecule has 0 aromatic carbocycles. The van der Waals surface area contributed by atoms with Crippen molar-refractivity contribution in [3.63, 3.8) is 0 Å².